The van der Waals surface area contributed by atoms with Crippen LogP contribution in [0.2, 0.25) is 0 Å². The van der Waals surface area contributed by atoms with E-state index in [2.05, 4.69) is 10.2 Å². The Morgan fingerprint density at radius 2 is 1.76 bits per heavy atom. The third-order valence-electron chi connectivity index (χ3n) is 6.58. The number of para-hydroxylation sites is 1. The molecule has 2 aromatic rings. The highest BCUT2D eigenvalue weighted by Gasteiger charge is 2.29. The van der Waals surface area contributed by atoms with E-state index in [0.29, 0.717) is 63.1 Å². The lowest BCUT2D eigenvalue weighted by Gasteiger charge is -2.36. The lowest BCUT2D eigenvalue weighted by atomic mass is 10.1. The number of urea groups is 1. The average molecular weight is 513 g/mol. The van der Waals surface area contributed by atoms with Gasteiger partial charge < -0.3 is 34.1 Å². The Bertz CT molecular complexity index is 1030. The molecule has 200 valence electrons. The van der Waals surface area contributed by atoms with Crippen molar-refractivity contribution >= 4 is 17.6 Å². The van der Waals surface area contributed by atoms with Gasteiger partial charge in [-0.25, -0.2) is 4.79 Å². The van der Waals surface area contributed by atoms with Gasteiger partial charge in [0.1, 0.15) is 0 Å². The van der Waals surface area contributed by atoms with Crippen LogP contribution < -0.4 is 14.8 Å². The summed E-state index contributed by atoms with van der Waals surface area (Å²) in [5.41, 5.74) is 1.25. The molecule has 2 aliphatic rings. The van der Waals surface area contributed by atoms with Crippen molar-refractivity contribution in [1.29, 1.82) is 0 Å². The number of ether oxygens (including phenoxy) is 4. The molecule has 2 fully saturated rings. The fourth-order valence-corrected chi connectivity index (χ4v) is 4.50. The second kappa shape index (κ2) is 13.3. The lowest BCUT2D eigenvalue weighted by Crippen LogP contribution is -2.52. The molecule has 2 aromatic carbocycles. The number of rotatable bonds is 9. The molecule has 2 heterocycles. The van der Waals surface area contributed by atoms with Crippen LogP contribution in [0.3, 0.4) is 0 Å². The van der Waals surface area contributed by atoms with Gasteiger partial charge in [0.15, 0.2) is 11.5 Å². The van der Waals surface area contributed by atoms with Gasteiger partial charge in [-0.3, -0.25) is 9.69 Å². The van der Waals surface area contributed by atoms with Gasteiger partial charge in [0, 0.05) is 50.5 Å². The summed E-state index contributed by atoms with van der Waals surface area (Å²) in [6.07, 6.45) is -0.302. The van der Waals surface area contributed by atoms with E-state index < -0.39 is 0 Å². The normalized spacial score (nSPS) is 18.2. The number of morpholine rings is 2. The maximum atomic E-state index is 13.7. The molecule has 0 radical (unpaired) electrons. The summed E-state index contributed by atoms with van der Waals surface area (Å²) in [5, 5.41) is 2.93. The molecule has 10 nitrogen and oxygen atoms in total. The van der Waals surface area contributed by atoms with Crippen molar-refractivity contribution in [2.45, 2.75) is 6.10 Å². The number of hydrogen-bond donors (Lipinski definition) is 1. The number of nitrogens with one attached hydrogen (secondary N) is 1. The van der Waals surface area contributed by atoms with Gasteiger partial charge in [0.05, 0.1) is 46.7 Å². The summed E-state index contributed by atoms with van der Waals surface area (Å²) in [4.78, 5) is 32.3. The first-order valence-corrected chi connectivity index (χ1v) is 12.6. The second-order valence-corrected chi connectivity index (χ2v) is 9.01. The van der Waals surface area contributed by atoms with Gasteiger partial charge in [0.2, 0.25) is 0 Å². The Morgan fingerprint density at radius 3 is 2.49 bits per heavy atom. The number of benzene rings is 2. The van der Waals surface area contributed by atoms with Crippen LogP contribution in [0.15, 0.2) is 48.5 Å². The lowest BCUT2D eigenvalue weighted by molar-refractivity contribution is -0.0282. The number of methoxy groups -OCH3 is 2. The van der Waals surface area contributed by atoms with Crippen molar-refractivity contribution in [2.75, 3.05) is 85.2 Å². The van der Waals surface area contributed by atoms with Crippen molar-refractivity contribution in [1.82, 2.24) is 14.7 Å². The van der Waals surface area contributed by atoms with Gasteiger partial charge in [-0.1, -0.05) is 18.2 Å². The second-order valence-electron chi connectivity index (χ2n) is 9.01. The largest absolute Gasteiger partial charge is 0.493 e. The zero-order valence-electron chi connectivity index (χ0n) is 21.6. The number of anilines is 1. The molecule has 0 spiro atoms. The van der Waals surface area contributed by atoms with Crippen molar-refractivity contribution in [3.63, 3.8) is 0 Å². The molecule has 37 heavy (non-hydrogen) atoms. The smallest absolute Gasteiger partial charge is 0.322 e. The number of carbonyl (C=O) groups excluding carboxylic acids is 2. The topological polar surface area (TPSA) is 92.8 Å². The average Bonchev–Trinajstić information content (AvgIpc) is 2.95. The molecule has 0 aliphatic carbocycles. The highest BCUT2D eigenvalue weighted by Crippen LogP contribution is 2.28. The fraction of sp³-hybridized carbons (Fsp3) is 0.481. The van der Waals surface area contributed by atoms with Crippen molar-refractivity contribution in [3.05, 3.63) is 54.1 Å². The Balaban J connectivity index is 1.44. The molecule has 1 N–H and O–H groups in total. The third kappa shape index (κ3) is 7.34. The minimum Gasteiger partial charge on any atom is -0.493 e. The van der Waals surface area contributed by atoms with Crippen molar-refractivity contribution in [2.24, 2.45) is 0 Å². The molecule has 4 rings (SSSR count). The van der Waals surface area contributed by atoms with Crippen LogP contribution in [0.4, 0.5) is 10.5 Å². The molecule has 2 aliphatic heterocycles. The highest BCUT2D eigenvalue weighted by atomic mass is 16.5. The number of hydrogen-bond acceptors (Lipinski definition) is 7. The SMILES string of the molecule is COc1ccc(C(=O)N(CCN2CCOCC2)C[C@H]2CN(C(=O)Nc3ccccc3)CCO2)cc1OC. The summed E-state index contributed by atoms with van der Waals surface area (Å²) in [7, 11) is 3.11. The summed E-state index contributed by atoms with van der Waals surface area (Å²) >= 11 is 0. The van der Waals surface area contributed by atoms with Gasteiger partial charge in [0.25, 0.3) is 5.91 Å². The maximum Gasteiger partial charge on any atom is 0.322 e. The van der Waals surface area contributed by atoms with Crippen LogP contribution in [0, 0.1) is 0 Å². The Hall–Kier alpha value is -3.34. The minimum absolute atomic E-state index is 0.122. The summed E-state index contributed by atoms with van der Waals surface area (Å²) in [5.74, 6) is 0.942. The van der Waals surface area contributed by atoms with Crippen LogP contribution in [-0.2, 0) is 9.47 Å². The van der Waals surface area contributed by atoms with Crippen molar-refractivity contribution < 1.29 is 28.5 Å². The van der Waals surface area contributed by atoms with E-state index >= 15 is 0 Å². The first-order chi connectivity index (χ1) is 18.1. The number of nitrogens with zero attached hydrogens (tertiary/aromatic N) is 3. The van der Waals surface area contributed by atoms with E-state index in [9.17, 15) is 9.59 Å². The molecule has 0 aromatic heterocycles. The highest BCUT2D eigenvalue weighted by molar-refractivity contribution is 5.95. The zero-order valence-corrected chi connectivity index (χ0v) is 21.6. The Morgan fingerprint density at radius 1 is 1.00 bits per heavy atom. The summed E-state index contributed by atoms with van der Waals surface area (Å²) in [6, 6.07) is 14.4. The molecule has 0 bridgehead atoms. The molecule has 0 unspecified atom stereocenters. The molecular weight excluding hydrogens is 476 g/mol. The third-order valence-corrected chi connectivity index (χ3v) is 6.58. The molecular formula is C27H36N4O6. The zero-order chi connectivity index (χ0) is 26.0. The van der Waals surface area contributed by atoms with E-state index in [4.69, 9.17) is 18.9 Å². The van der Waals surface area contributed by atoms with E-state index in [0.717, 1.165) is 25.3 Å². The minimum atomic E-state index is -0.302. The first kappa shape index (κ1) is 26.7. The summed E-state index contributed by atoms with van der Waals surface area (Å²) < 4.78 is 22.2. The molecule has 10 heteroatoms. The van der Waals surface area contributed by atoms with Crippen LogP contribution in [-0.4, -0.2) is 113 Å². The van der Waals surface area contributed by atoms with E-state index in [1.165, 1.54) is 0 Å². The van der Waals surface area contributed by atoms with Gasteiger partial charge in [-0.15, -0.1) is 0 Å². The van der Waals surface area contributed by atoms with E-state index in [1.54, 1.807) is 42.2 Å². The van der Waals surface area contributed by atoms with Crippen molar-refractivity contribution in [3.8, 4) is 11.5 Å². The summed E-state index contributed by atoms with van der Waals surface area (Å²) in [6.45, 7) is 6.00. The van der Waals surface area contributed by atoms with Crippen LogP contribution in [0.5, 0.6) is 11.5 Å². The van der Waals surface area contributed by atoms with E-state index in [-0.39, 0.29) is 18.0 Å². The predicted octanol–water partition coefficient (Wildman–Crippen LogP) is 2.41. The van der Waals surface area contributed by atoms with E-state index in [1.807, 2.05) is 30.3 Å². The molecule has 1 atom stereocenters. The molecule has 3 amide bonds. The van der Waals surface area contributed by atoms with Gasteiger partial charge in [-0.2, -0.15) is 0 Å². The van der Waals surface area contributed by atoms with Gasteiger partial charge in [-0.05, 0) is 30.3 Å². The quantitative estimate of drug-likeness (QED) is 0.552. The number of carbonyl (C=O) groups is 2. The maximum absolute atomic E-state index is 13.7. The van der Waals surface area contributed by atoms with Gasteiger partial charge >= 0.3 is 6.03 Å². The Labute approximate surface area is 218 Å². The first-order valence-electron chi connectivity index (χ1n) is 12.6. The van der Waals surface area contributed by atoms with Crippen LogP contribution >= 0.6 is 0 Å². The predicted molar refractivity (Wildman–Crippen MR) is 139 cm³/mol. The molecule has 2 saturated heterocycles. The monoisotopic (exact) mass is 512 g/mol. The Kier molecular flexibility index (Phi) is 9.58. The van der Waals surface area contributed by atoms with Crippen LogP contribution in [0.25, 0.3) is 0 Å². The van der Waals surface area contributed by atoms with Crippen LogP contribution in [0.1, 0.15) is 10.4 Å². The standard InChI is InChI=1S/C27H36N4O6/c1-34-24-9-8-21(18-25(24)35-2)26(32)30(11-10-29-12-15-36-16-13-29)19-23-20-31(14-17-37-23)27(33)28-22-6-4-3-5-7-22/h3-9,18,23H,10-17,19-20H2,1-2H3,(H,28,33)/t23-/m0/s1. The molecule has 0 saturated carbocycles. The number of amides is 3. The fourth-order valence-electron chi connectivity index (χ4n) is 4.50.